The number of aromatic amines is 1. The van der Waals surface area contributed by atoms with Crippen molar-refractivity contribution in [2.75, 3.05) is 0 Å². The first-order chi connectivity index (χ1) is 8.31. The molecule has 0 amide bonds. The van der Waals surface area contributed by atoms with Gasteiger partial charge in [0.15, 0.2) is 5.75 Å². The smallest absolute Gasteiger partial charge is 0.223 e. The van der Waals surface area contributed by atoms with Crippen molar-refractivity contribution in [3.05, 3.63) is 64.1 Å². The normalized spacial score (nSPS) is 10.2. The van der Waals surface area contributed by atoms with Gasteiger partial charge in [-0.05, 0) is 12.0 Å². The first-order valence-electron chi connectivity index (χ1n) is 5.68. The maximum absolute atomic E-state index is 11.7. The molecule has 1 aromatic carbocycles. The number of benzene rings is 1. The topological polar surface area (TPSA) is 42.1 Å². The summed E-state index contributed by atoms with van der Waals surface area (Å²) in [6, 6.07) is 11.3. The molecule has 0 aliphatic carbocycles. The molecule has 2 rings (SSSR count). The fourth-order valence-electron chi connectivity index (χ4n) is 1.66. The zero-order chi connectivity index (χ0) is 12.1. The molecule has 0 saturated heterocycles. The van der Waals surface area contributed by atoms with Crippen molar-refractivity contribution in [3.63, 3.8) is 0 Å². The van der Waals surface area contributed by atoms with E-state index in [-0.39, 0.29) is 5.43 Å². The molecular formula is C14H15NO2. The number of H-pyrrole nitrogens is 1. The van der Waals surface area contributed by atoms with E-state index in [9.17, 15) is 4.79 Å². The van der Waals surface area contributed by atoms with Crippen LogP contribution in [0.25, 0.3) is 0 Å². The van der Waals surface area contributed by atoms with Gasteiger partial charge in [0, 0.05) is 12.3 Å². The molecule has 88 valence electrons. The summed E-state index contributed by atoms with van der Waals surface area (Å²) in [7, 11) is 0. The number of ether oxygens (including phenoxy) is 1. The number of aromatic nitrogens is 1. The highest BCUT2D eigenvalue weighted by Crippen LogP contribution is 2.12. The summed E-state index contributed by atoms with van der Waals surface area (Å²) in [5, 5.41) is 0. The quantitative estimate of drug-likeness (QED) is 0.875. The van der Waals surface area contributed by atoms with Crippen LogP contribution < -0.4 is 10.2 Å². The number of nitrogens with one attached hydrogen (secondary N) is 1. The fourth-order valence-corrected chi connectivity index (χ4v) is 1.66. The van der Waals surface area contributed by atoms with E-state index in [1.54, 1.807) is 6.20 Å². The zero-order valence-corrected chi connectivity index (χ0v) is 9.77. The Morgan fingerprint density at radius 1 is 1.18 bits per heavy atom. The molecule has 0 aliphatic heterocycles. The number of aryl methyl sites for hydroxylation is 1. The highest BCUT2D eigenvalue weighted by molar-refractivity contribution is 5.27. The van der Waals surface area contributed by atoms with Gasteiger partial charge in [0.2, 0.25) is 5.43 Å². The van der Waals surface area contributed by atoms with Crippen LogP contribution in [0.5, 0.6) is 5.75 Å². The molecule has 1 heterocycles. The number of pyridine rings is 1. The van der Waals surface area contributed by atoms with Gasteiger partial charge in [-0.3, -0.25) is 4.79 Å². The van der Waals surface area contributed by atoms with Crippen LogP contribution in [0.3, 0.4) is 0 Å². The summed E-state index contributed by atoms with van der Waals surface area (Å²) in [4.78, 5) is 14.7. The average Bonchev–Trinajstić information content (AvgIpc) is 2.38. The van der Waals surface area contributed by atoms with E-state index in [1.807, 2.05) is 37.3 Å². The predicted octanol–water partition coefficient (Wildman–Crippen LogP) is 2.52. The number of hydrogen-bond acceptors (Lipinski definition) is 2. The van der Waals surface area contributed by atoms with Gasteiger partial charge < -0.3 is 9.72 Å². The largest absolute Gasteiger partial charge is 0.483 e. The van der Waals surface area contributed by atoms with Crippen molar-refractivity contribution >= 4 is 0 Å². The maximum Gasteiger partial charge on any atom is 0.223 e. The molecule has 1 aromatic heterocycles. The molecule has 1 N–H and O–H groups in total. The SMILES string of the molecule is CCc1[nH]ccc(=O)c1OCc1ccccc1. The number of rotatable bonds is 4. The second-order valence-electron chi connectivity index (χ2n) is 3.78. The third-order valence-electron chi connectivity index (χ3n) is 2.57. The van der Waals surface area contributed by atoms with E-state index < -0.39 is 0 Å². The number of hydrogen-bond donors (Lipinski definition) is 1. The van der Waals surface area contributed by atoms with Gasteiger partial charge in [-0.1, -0.05) is 37.3 Å². The van der Waals surface area contributed by atoms with Gasteiger partial charge in [0.25, 0.3) is 0 Å². The van der Waals surface area contributed by atoms with Crippen molar-refractivity contribution in [1.29, 1.82) is 0 Å². The van der Waals surface area contributed by atoms with Crippen molar-refractivity contribution in [3.8, 4) is 5.75 Å². The Hall–Kier alpha value is -2.03. The van der Waals surface area contributed by atoms with Crippen LogP contribution in [0, 0.1) is 0 Å². The molecule has 0 bridgehead atoms. The third kappa shape index (κ3) is 2.75. The average molecular weight is 229 g/mol. The predicted molar refractivity (Wildman–Crippen MR) is 67.2 cm³/mol. The summed E-state index contributed by atoms with van der Waals surface area (Å²) in [5.74, 6) is 0.429. The van der Waals surface area contributed by atoms with Crippen molar-refractivity contribution in [2.45, 2.75) is 20.0 Å². The fraction of sp³-hybridized carbons (Fsp3) is 0.214. The van der Waals surface area contributed by atoms with Crippen molar-refractivity contribution < 1.29 is 4.74 Å². The summed E-state index contributed by atoms with van der Waals surface area (Å²) < 4.78 is 5.60. The van der Waals surface area contributed by atoms with Crippen LogP contribution in [0.2, 0.25) is 0 Å². The molecule has 0 saturated carbocycles. The Morgan fingerprint density at radius 3 is 2.65 bits per heavy atom. The van der Waals surface area contributed by atoms with E-state index in [1.165, 1.54) is 6.07 Å². The monoisotopic (exact) mass is 229 g/mol. The highest BCUT2D eigenvalue weighted by atomic mass is 16.5. The van der Waals surface area contributed by atoms with E-state index in [4.69, 9.17) is 4.74 Å². The lowest BCUT2D eigenvalue weighted by Crippen LogP contribution is -2.10. The molecule has 0 unspecified atom stereocenters. The molecule has 0 atom stereocenters. The van der Waals surface area contributed by atoms with Crippen LogP contribution in [0.4, 0.5) is 0 Å². The van der Waals surface area contributed by atoms with Gasteiger partial charge in [-0.2, -0.15) is 0 Å². The molecule has 3 nitrogen and oxygen atoms in total. The minimum absolute atomic E-state index is 0.0727. The van der Waals surface area contributed by atoms with Crippen molar-refractivity contribution in [1.82, 2.24) is 4.98 Å². The molecule has 0 fully saturated rings. The zero-order valence-electron chi connectivity index (χ0n) is 9.77. The van der Waals surface area contributed by atoms with E-state index in [0.717, 1.165) is 17.7 Å². The Kier molecular flexibility index (Phi) is 3.60. The Bertz CT molecular complexity index is 531. The van der Waals surface area contributed by atoms with Gasteiger partial charge in [0.1, 0.15) is 6.61 Å². The molecule has 2 aromatic rings. The van der Waals surface area contributed by atoms with Gasteiger partial charge in [-0.25, -0.2) is 0 Å². The minimum atomic E-state index is -0.0727. The standard InChI is InChI=1S/C14H15NO2/c1-2-12-14(13(16)8-9-15-12)17-10-11-6-4-3-5-7-11/h3-9H,2,10H2,1H3,(H,15,16). The molecular weight excluding hydrogens is 214 g/mol. The van der Waals surface area contributed by atoms with Crippen LogP contribution in [-0.2, 0) is 13.0 Å². The summed E-state index contributed by atoms with van der Waals surface area (Å²) in [5.41, 5.74) is 1.82. The summed E-state index contributed by atoms with van der Waals surface area (Å²) in [6.45, 7) is 2.40. The van der Waals surface area contributed by atoms with E-state index in [2.05, 4.69) is 4.98 Å². The Morgan fingerprint density at radius 2 is 1.94 bits per heavy atom. The first-order valence-corrected chi connectivity index (χ1v) is 5.68. The molecule has 0 aliphatic rings. The lowest BCUT2D eigenvalue weighted by molar-refractivity contribution is 0.298. The van der Waals surface area contributed by atoms with Crippen molar-refractivity contribution in [2.24, 2.45) is 0 Å². The van der Waals surface area contributed by atoms with E-state index in [0.29, 0.717) is 12.4 Å². The highest BCUT2D eigenvalue weighted by Gasteiger charge is 2.06. The van der Waals surface area contributed by atoms with Gasteiger partial charge >= 0.3 is 0 Å². The Labute approximate surface area is 100 Å². The van der Waals surface area contributed by atoms with Crippen LogP contribution in [-0.4, -0.2) is 4.98 Å². The summed E-state index contributed by atoms with van der Waals surface area (Å²) >= 11 is 0. The van der Waals surface area contributed by atoms with Gasteiger partial charge in [0.05, 0.1) is 5.69 Å². The molecule has 17 heavy (non-hydrogen) atoms. The van der Waals surface area contributed by atoms with Crippen LogP contribution in [0.15, 0.2) is 47.4 Å². The van der Waals surface area contributed by atoms with Crippen LogP contribution in [0.1, 0.15) is 18.2 Å². The first kappa shape index (κ1) is 11.5. The molecule has 0 spiro atoms. The second kappa shape index (κ2) is 5.34. The maximum atomic E-state index is 11.7. The second-order valence-corrected chi connectivity index (χ2v) is 3.78. The molecule has 0 radical (unpaired) electrons. The minimum Gasteiger partial charge on any atom is -0.483 e. The third-order valence-corrected chi connectivity index (χ3v) is 2.57. The summed E-state index contributed by atoms with van der Waals surface area (Å²) in [6.07, 6.45) is 2.40. The Balaban J connectivity index is 2.17. The van der Waals surface area contributed by atoms with E-state index >= 15 is 0 Å². The lowest BCUT2D eigenvalue weighted by Gasteiger charge is -2.09. The lowest BCUT2D eigenvalue weighted by atomic mass is 10.2. The van der Waals surface area contributed by atoms with Gasteiger partial charge in [-0.15, -0.1) is 0 Å². The molecule has 3 heteroatoms. The van der Waals surface area contributed by atoms with Crippen LogP contribution >= 0.6 is 0 Å².